The molecule has 0 radical (unpaired) electrons. The van der Waals surface area contributed by atoms with Gasteiger partial charge in [0.05, 0.1) is 0 Å². The molecule has 2 N–H and O–H groups in total. The molecule has 1 rings (SSSR count). The first-order valence-corrected chi connectivity index (χ1v) is 3.74. The van der Waals surface area contributed by atoms with Crippen LogP contribution in [0.1, 0.15) is 5.56 Å². The van der Waals surface area contributed by atoms with E-state index in [2.05, 4.69) is 0 Å². The Morgan fingerprint density at radius 2 is 2.14 bits per heavy atom. The minimum absolute atomic E-state index is 0.145. The van der Waals surface area contributed by atoms with E-state index in [4.69, 9.17) is 11.0 Å². The maximum absolute atomic E-state index is 10.7. The summed E-state index contributed by atoms with van der Waals surface area (Å²) < 4.78 is 0.605. The van der Waals surface area contributed by atoms with Crippen LogP contribution in [-0.4, -0.2) is 5.91 Å². The number of hydrogen-bond acceptors (Lipinski definition) is 3. The summed E-state index contributed by atoms with van der Waals surface area (Å²) in [5.41, 5.74) is 5.36. The molecule has 70 valence electrons. The molecule has 1 aromatic rings. The van der Waals surface area contributed by atoms with Crippen molar-refractivity contribution in [3.05, 3.63) is 40.9 Å². The molecule has 5 nitrogen and oxygen atoms in total. The van der Waals surface area contributed by atoms with E-state index in [0.29, 0.717) is 10.3 Å². The number of nitrogens with two attached hydrogens (primary N) is 1. The van der Waals surface area contributed by atoms with Crippen LogP contribution >= 0.6 is 0 Å². The summed E-state index contributed by atoms with van der Waals surface area (Å²) in [4.78, 5) is 10.7. The molecule has 0 fully saturated rings. The number of hydrogen-bond donors (Lipinski definition) is 1. The fraction of sp³-hybridized carbons (Fsp3) is 0. The number of carbonyl (C=O) groups excluding carboxylic acids is 1. The zero-order chi connectivity index (χ0) is 10.6. The number of rotatable bonds is 2. The molecule has 1 aromatic heterocycles. The predicted octanol–water partition coefficient (Wildman–Crippen LogP) is -0.288. The Bertz CT molecular complexity index is 415. The minimum atomic E-state index is -0.786. The molecule has 0 aromatic carbocycles. The summed E-state index contributed by atoms with van der Waals surface area (Å²) in [5, 5.41) is 19.2. The molecule has 5 heteroatoms. The minimum Gasteiger partial charge on any atom is -0.619 e. The summed E-state index contributed by atoms with van der Waals surface area (Å²) in [6, 6.07) is 4.63. The molecular formula is C9H7N3O2. The van der Waals surface area contributed by atoms with Crippen LogP contribution in [0.15, 0.2) is 30.1 Å². The molecule has 1 heterocycles. The molecule has 0 saturated heterocycles. The molecular weight excluding hydrogens is 182 g/mol. The maximum Gasteiger partial charge on any atom is 0.259 e. The summed E-state index contributed by atoms with van der Waals surface area (Å²) in [7, 11) is 0. The van der Waals surface area contributed by atoms with Gasteiger partial charge in [-0.1, -0.05) is 0 Å². The van der Waals surface area contributed by atoms with Gasteiger partial charge < -0.3 is 10.9 Å². The molecule has 0 aliphatic rings. The van der Waals surface area contributed by atoms with Gasteiger partial charge in [0.1, 0.15) is 11.6 Å². The Hall–Kier alpha value is -2.35. The maximum atomic E-state index is 10.7. The number of carbonyl (C=O) groups is 1. The van der Waals surface area contributed by atoms with Gasteiger partial charge in [0.2, 0.25) is 0 Å². The number of primary amides is 1. The highest BCUT2D eigenvalue weighted by atomic mass is 16.5. The van der Waals surface area contributed by atoms with Crippen molar-refractivity contribution in [1.82, 2.24) is 0 Å². The van der Waals surface area contributed by atoms with Gasteiger partial charge in [-0.15, -0.1) is 0 Å². The SMILES string of the molecule is N#C/C(=C/c1cc[n+]([O-])cc1)C(N)=O. The van der Waals surface area contributed by atoms with Crippen molar-refractivity contribution < 1.29 is 9.52 Å². The second-order valence-corrected chi connectivity index (χ2v) is 2.53. The van der Waals surface area contributed by atoms with Gasteiger partial charge >= 0.3 is 0 Å². The number of nitrogens with zero attached hydrogens (tertiary/aromatic N) is 2. The first-order valence-electron chi connectivity index (χ1n) is 3.74. The lowest BCUT2D eigenvalue weighted by Gasteiger charge is -1.95. The van der Waals surface area contributed by atoms with Crippen LogP contribution in [0.2, 0.25) is 0 Å². The summed E-state index contributed by atoms with van der Waals surface area (Å²) in [6.45, 7) is 0. The van der Waals surface area contributed by atoms with Crippen LogP contribution < -0.4 is 10.5 Å². The van der Waals surface area contributed by atoms with E-state index in [1.165, 1.54) is 30.6 Å². The van der Waals surface area contributed by atoms with Gasteiger partial charge in [-0.3, -0.25) is 4.79 Å². The number of amides is 1. The van der Waals surface area contributed by atoms with E-state index >= 15 is 0 Å². The third-order valence-corrected chi connectivity index (χ3v) is 1.52. The van der Waals surface area contributed by atoms with Crippen LogP contribution in [0.25, 0.3) is 6.08 Å². The van der Waals surface area contributed by atoms with Gasteiger partial charge in [-0.25, -0.2) is 0 Å². The Kier molecular flexibility index (Phi) is 2.82. The topological polar surface area (TPSA) is 93.8 Å². The number of nitriles is 1. The average molecular weight is 189 g/mol. The zero-order valence-corrected chi connectivity index (χ0v) is 7.18. The number of aromatic nitrogens is 1. The highest BCUT2D eigenvalue weighted by Gasteiger charge is 2.03. The quantitative estimate of drug-likeness (QED) is 0.300. The van der Waals surface area contributed by atoms with Crippen LogP contribution in [0.5, 0.6) is 0 Å². The number of pyridine rings is 1. The first-order chi connectivity index (χ1) is 6.63. The molecule has 0 atom stereocenters. The fourth-order valence-corrected chi connectivity index (χ4v) is 0.846. The summed E-state index contributed by atoms with van der Waals surface area (Å²) in [6.07, 6.45) is 3.85. The normalized spacial score (nSPS) is 10.6. The second-order valence-electron chi connectivity index (χ2n) is 2.53. The van der Waals surface area contributed by atoms with Crippen molar-refractivity contribution in [2.75, 3.05) is 0 Å². The van der Waals surface area contributed by atoms with E-state index in [9.17, 15) is 10.0 Å². The van der Waals surface area contributed by atoms with Gasteiger partial charge in [0.15, 0.2) is 12.4 Å². The second kappa shape index (κ2) is 4.05. The van der Waals surface area contributed by atoms with Crippen LogP contribution in [0.4, 0.5) is 0 Å². The lowest BCUT2D eigenvalue weighted by atomic mass is 10.1. The molecule has 0 saturated carbocycles. The van der Waals surface area contributed by atoms with E-state index in [1.54, 1.807) is 6.07 Å². The summed E-state index contributed by atoms with van der Waals surface area (Å²) >= 11 is 0. The Balaban J connectivity index is 3.03. The molecule has 1 amide bonds. The predicted molar refractivity (Wildman–Crippen MR) is 48.2 cm³/mol. The van der Waals surface area contributed by atoms with E-state index < -0.39 is 5.91 Å². The van der Waals surface area contributed by atoms with Crippen LogP contribution in [0, 0.1) is 16.5 Å². The largest absolute Gasteiger partial charge is 0.619 e. The Morgan fingerprint density at radius 1 is 1.57 bits per heavy atom. The molecule has 0 aliphatic heterocycles. The third-order valence-electron chi connectivity index (χ3n) is 1.52. The highest BCUT2D eigenvalue weighted by Crippen LogP contribution is 2.03. The van der Waals surface area contributed by atoms with Gasteiger partial charge in [0, 0.05) is 12.1 Å². The van der Waals surface area contributed by atoms with Crippen molar-refractivity contribution in [2.24, 2.45) is 5.73 Å². The van der Waals surface area contributed by atoms with Crippen molar-refractivity contribution in [1.29, 1.82) is 5.26 Å². The third kappa shape index (κ3) is 2.32. The summed E-state index contributed by atoms with van der Waals surface area (Å²) in [5.74, 6) is -0.786. The van der Waals surface area contributed by atoms with Gasteiger partial charge in [-0.05, 0) is 11.6 Å². The van der Waals surface area contributed by atoms with E-state index in [-0.39, 0.29) is 5.57 Å². The molecule has 0 unspecified atom stereocenters. The monoisotopic (exact) mass is 189 g/mol. The first kappa shape index (κ1) is 9.74. The van der Waals surface area contributed by atoms with Crippen LogP contribution in [0.3, 0.4) is 0 Å². The lowest BCUT2D eigenvalue weighted by Crippen LogP contribution is -2.23. The van der Waals surface area contributed by atoms with Crippen molar-refractivity contribution in [3.63, 3.8) is 0 Å². The Morgan fingerprint density at radius 3 is 2.57 bits per heavy atom. The average Bonchev–Trinajstić information content (AvgIpc) is 2.16. The van der Waals surface area contributed by atoms with Crippen molar-refractivity contribution in [3.8, 4) is 6.07 Å². The fourth-order valence-electron chi connectivity index (χ4n) is 0.846. The smallest absolute Gasteiger partial charge is 0.259 e. The van der Waals surface area contributed by atoms with Gasteiger partial charge in [-0.2, -0.15) is 9.99 Å². The van der Waals surface area contributed by atoms with Crippen molar-refractivity contribution in [2.45, 2.75) is 0 Å². The molecule has 0 spiro atoms. The molecule has 0 aliphatic carbocycles. The van der Waals surface area contributed by atoms with Crippen molar-refractivity contribution >= 4 is 12.0 Å². The van der Waals surface area contributed by atoms with E-state index in [1.807, 2.05) is 0 Å². The lowest BCUT2D eigenvalue weighted by molar-refractivity contribution is -0.605. The highest BCUT2D eigenvalue weighted by molar-refractivity contribution is 6.00. The Labute approximate surface area is 80.3 Å². The zero-order valence-electron chi connectivity index (χ0n) is 7.18. The van der Waals surface area contributed by atoms with E-state index in [0.717, 1.165) is 0 Å². The molecule has 14 heavy (non-hydrogen) atoms. The molecule has 0 bridgehead atoms. The van der Waals surface area contributed by atoms with Crippen LogP contribution in [-0.2, 0) is 4.79 Å². The standard InChI is InChI=1S/C9H7N3O2/c10-6-8(9(11)13)5-7-1-3-12(14)4-2-7/h1-5H,(H2,11,13)/b8-5-. The van der Waals surface area contributed by atoms with Gasteiger partial charge in [0.25, 0.3) is 5.91 Å².